The van der Waals surface area contributed by atoms with Gasteiger partial charge in [0, 0.05) is 6.42 Å². The number of carbonyl (C=O) groups is 2. The van der Waals surface area contributed by atoms with E-state index >= 15 is 0 Å². The minimum absolute atomic E-state index is 0.0231. The van der Waals surface area contributed by atoms with Crippen LogP contribution in [0.1, 0.15) is 19.3 Å². The number of aliphatic hydroxyl groups is 2. The second-order valence-corrected chi connectivity index (χ2v) is 4.47. The van der Waals surface area contributed by atoms with Crippen LogP contribution in [0.15, 0.2) is 12.7 Å². The van der Waals surface area contributed by atoms with Crippen molar-refractivity contribution in [2.45, 2.75) is 31.4 Å². The van der Waals surface area contributed by atoms with Crippen LogP contribution in [-0.2, 0) is 19.1 Å². The minimum Gasteiger partial charge on any atom is -0.481 e. The van der Waals surface area contributed by atoms with Crippen molar-refractivity contribution in [3.8, 4) is 0 Å². The highest BCUT2D eigenvalue weighted by Crippen LogP contribution is 1.93. The predicted molar refractivity (Wildman–Crippen MR) is 82.0 cm³/mol. The molecule has 0 aliphatic heterocycles. The average Bonchev–Trinajstić information content (AvgIpc) is 2.49. The van der Waals surface area contributed by atoms with Crippen molar-refractivity contribution < 1.29 is 39.5 Å². The Balaban J connectivity index is 0. The van der Waals surface area contributed by atoms with Crippen molar-refractivity contribution in [1.29, 1.82) is 0 Å². The van der Waals surface area contributed by atoms with Crippen molar-refractivity contribution in [3.05, 3.63) is 12.7 Å². The van der Waals surface area contributed by atoms with E-state index in [0.717, 1.165) is 0 Å². The number of ether oxygens (including phenoxy) is 2. The quantitative estimate of drug-likeness (QED) is 0.214. The molecule has 0 rings (SSSR count). The van der Waals surface area contributed by atoms with Crippen LogP contribution in [0.4, 0.5) is 0 Å². The van der Waals surface area contributed by atoms with Gasteiger partial charge in [0.1, 0.15) is 6.04 Å². The summed E-state index contributed by atoms with van der Waals surface area (Å²) < 4.78 is 10.0. The molecule has 9 heteroatoms. The second-order valence-electron chi connectivity index (χ2n) is 4.47. The molecule has 2 unspecified atom stereocenters. The van der Waals surface area contributed by atoms with E-state index in [0.29, 0.717) is 32.8 Å². The molecule has 0 amide bonds. The molecule has 0 heterocycles. The maximum absolute atomic E-state index is 9.99. The Morgan fingerprint density at radius 3 is 2.26 bits per heavy atom. The minimum atomic E-state index is -1.17. The molecule has 0 bridgehead atoms. The van der Waals surface area contributed by atoms with Gasteiger partial charge >= 0.3 is 11.9 Å². The zero-order chi connectivity index (χ0) is 18.1. The normalized spacial score (nSPS) is 12.7. The maximum Gasteiger partial charge on any atom is 0.320 e. The van der Waals surface area contributed by atoms with E-state index in [1.165, 1.54) is 0 Å². The Bertz CT molecular complexity index is 324. The van der Waals surface area contributed by atoms with E-state index in [2.05, 4.69) is 6.58 Å². The lowest BCUT2D eigenvalue weighted by Crippen LogP contribution is -2.30. The Hall–Kier alpha value is -1.52. The molecule has 0 aromatic heterocycles. The Kier molecular flexibility index (Phi) is 17.4. The third-order valence-corrected chi connectivity index (χ3v) is 2.34. The van der Waals surface area contributed by atoms with E-state index in [-0.39, 0.29) is 19.4 Å². The highest BCUT2D eigenvalue weighted by molar-refractivity contribution is 5.74. The first kappa shape index (κ1) is 23.7. The molecule has 23 heavy (non-hydrogen) atoms. The summed E-state index contributed by atoms with van der Waals surface area (Å²) in [6.07, 6.45) is 1.49. The van der Waals surface area contributed by atoms with Crippen LogP contribution in [0.3, 0.4) is 0 Å². The van der Waals surface area contributed by atoms with Crippen LogP contribution >= 0.6 is 0 Å². The van der Waals surface area contributed by atoms with Crippen LogP contribution in [0.25, 0.3) is 0 Å². The van der Waals surface area contributed by atoms with Gasteiger partial charge in [-0.25, -0.2) is 0 Å². The number of hydrogen-bond donors (Lipinski definition) is 5. The lowest BCUT2D eigenvalue weighted by molar-refractivity contribution is -0.139. The Morgan fingerprint density at radius 2 is 1.78 bits per heavy atom. The van der Waals surface area contributed by atoms with Gasteiger partial charge in [-0.15, -0.1) is 6.58 Å². The fourth-order valence-electron chi connectivity index (χ4n) is 1.17. The molecule has 0 fully saturated rings. The number of hydrogen-bond acceptors (Lipinski definition) is 7. The zero-order valence-electron chi connectivity index (χ0n) is 13.1. The summed E-state index contributed by atoms with van der Waals surface area (Å²) in [4.78, 5) is 19.9. The Morgan fingerprint density at radius 1 is 1.17 bits per heavy atom. The number of aliphatic hydroxyl groups excluding tert-OH is 2. The fraction of sp³-hybridized carbons (Fsp3) is 0.714. The van der Waals surface area contributed by atoms with Gasteiger partial charge < -0.3 is 35.6 Å². The molecule has 0 saturated carbocycles. The summed E-state index contributed by atoms with van der Waals surface area (Å²) in [6.45, 7) is 5.04. The number of rotatable bonds is 13. The van der Waals surface area contributed by atoms with Crippen molar-refractivity contribution in [2.24, 2.45) is 5.73 Å². The van der Waals surface area contributed by atoms with E-state index < -0.39 is 24.1 Å². The fourth-order valence-corrected chi connectivity index (χ4v) is 1.17. The highest BCUT2D eigenvalue weighted by Gasteiger charge is 2.12. The van der Waals surface area contributed by atoms with Crippen molar-refractivity contribution in [2.75, 3.05) is 33.0 Å². The molecule has 0 aromatic rings. The third kappa shape index (κ3) is 20.5. The molecular weight excluding hydrogens is 310 g/mol. The molecule has 0 aliphatic carbocycles. The van der Waals surface area contributed by atoms with Crippen LogP contribution in [-0.4, -0.2) is 77.5 Å². The molecule has 9 nitrogen and oxygen atoms in total. The second kappa shape index (κ2) is 16.8. The summed E-state index contributed by atoms with van der Waals surface area (Å²) in [5, 5.41) is 33.8. The number of carboxylic acids is 2. The van der Waals surface area contributed by atoms with Gasteiger partial charge in [0.15, 0.2) is 0 Å². The molecule has 0 aromatic carbocycles. The van der Waals surface area contributed by atoms with Gasteiger partial charge in [0.05, 0.1) is 39.1 Å². The number of carboxylic acid groups (broad SMARTS) is 2. The molecule has 0 spiro atoms. The monoisotopic (exact) mass is 337 g/mol. The largest absolute Gasteiger partial charge is 0.481 e. The first-order chi connectivity index (χ1) is 10.8. The zero-order valence-corrected chi connectivity index (χ0v) is 13.1. The van der Waals surface area contributed by atoms with Crippen LogP contribution in [0, 0.1) is 0 Å². The molecule has 0 radical (unpaired) electrons. The lowest BCUT2D eigenvalue weighted by atomic mass is 10.2. The molecule has 0 aliphatic rings. The SMILES string of the molecule is C=CCC(O)COCCOCCO.NC(CCC(=O)O)C(=O)O. The lowest BCUT2D eigenvalue weighted by Gasteiger charge is -2.08. The predicted octanol–water partition coefficient (Wildman–Crippen LogP) is -0.788. The summed E-state index contributed by atoms with van der Waals surface area (Å²) in [5.41, 5.74) is 5.00. The van der Waals surface area contributed by atoms with Gasteiger partial charge in [-0.2, -0.15) is 0 Å². The van der Waals surface area contributed by atoms with E-state index in [1.54, 1.807) is 6.08 Å². The molecule has 136 valence electrons. The summed E-state index contributed by atoms with van der Waals surface area (Å²) in [5.74, 6) is -2.20. The van der Waals surface area contributed by atoms with Crippen molar-refractivity contribution >= 4 is 11.9 Å². The van der Waals surface area contributed by atoms with Gasteiger partial charge in [-0.05, 0) is 12.8 Å². The number of aliphatic carboxylic acids is 2. The first-order valence-corrected chi connectivity index (χ1v) is 7.10. The third-order valence-electron chi connectivity index (χ3n) is 2.34. The number of nitrogens with two attached hydrogens (primary N) is 1. The topological polar surface area (TPSA) is 160 Å². The summed E-state index contributed by atoms with van der Waals surface area (Å²) in [6, 6.07) is -1.06. The smallest absolute Gasteiger partial charge is 0.320 e. The van der Waals surface area contributed by atoms with Crippen molar-refractivity contribution in [1.82, 2.24) is 0 Å². The van der Waals surface area contributed by atoms with E-state index in [9.17, 15) is 14.7 Å². The summed E-state index contributed by atoms with van der Waals surface area (Å²) in [7, 11) is 0. The molecule has 2 atom stereocenters. The van der Waals surface area contributed by atoms with Crippen molar-refractivity contribution in [3.63, 3.8) is 0 Å². The first-order valence-electron chi connectivity index (χ1n) is 7.10. The van der Waals surface area contributed by atoms with Gasteiger partial charge in [0.25, 0.3) is 0 Å². The average molecular weight is 337 g/mol. The van der Waals surface area contributed by atoms with Gasteiger partial charge in [-0.1, -0.05) is 6.08 Å². The van der Waals surface area contributed by atoms with Crippen LogP contribution in [0.2, 0.25) is 0 Å². The van der Waals surface area contributed by atoms with Gasteiger partial charge in [-0.3, -0.25) is 9.59 Å². The van der Waals surface area contributed by atoms with Gasteiger partial charge in [0.2, 0.25) is 0 Å². The van der Waals surface area contributed by atoms with E-state index in [1.807, 2.05) is 0 Å². The van der Waals surface area contributed by atoms with E-state index in [4.69, 9.17) is 30.5 Å². The summed E-state index contributed by atoms with van der Waals surface area (Å²) >= 11 is 0. The van der Waals surface area contributed by atoms with Crippen LogP contribution in [0.5, 0.6) is 0 Å². The molecule has 0 saturated heterocycles. The Labute approximate surface area is 135 Å². The molecular formula is C14H27NO8. The highest BCUT2D eigenvalue weighted by atomic mass is 16.5. The van der Waals surface area contributed by atoms with Crippen LogP contribution < -0.4 is 5.73 Å². The maximum atomic E-state index is 9.99. The molecule has 6 N–H and O–H groups in total. The standard InChI is InChI=1S/C9H18O4.C5H9NO4/c1-2-3-9(11)8-13-7-6-12-5-4-10;6-3(5(9)10)1-2-4(7)8/h2,9-11H,1,3-8H2;3H,1-2,6H2,(H,7,8)(H,9,10).